The predicted molar refractivity (Wildman–Crippen MR) is 125 cm³/mol. The molecule has 0 saturated carbocycles. The highest BCUT2D eigenvalue weighted by Crippen LogP contribution is 2.23. The Bertz CT molecular complexity index is 792. The number of dihydropyridines is 1. The maximum absolute atomic E-state index is 13.1. The Kier molecular flexibility index (Phi) is 7.28. The third-order valence-electron chi connectivity index (χ3n) is 6.50. The van der Waals surface area contributed by atoms with Crippen molar-refractivity contribution in [3.63, 3.8) is 0 Å². The summed E-state index contributed by atoms with van der Waals surface area (Å²) in [7, 11) is 0. The zero-order chi connectivity index (χ0) is 20.9. The number of benzene rings is 1. The molecule has 1 unspecified atom stereocenters. The number of nitrogens with one attached hydrogen (secondary N) is 1. The summed E-state index contributed by atoms with van der Waals surface area (Å²) in [6, 6.07) is 8.82. The van der Waals surface area contributed by atoms with Gasteiger partial charge >= 0.3 is 0 Å². The normalized spacial score (nSPS) is 23.9. The molecule has 1 N–H and O–H groups in total. The van der Waals surface area contributed by atoms with Crippen LogP contribution in [0, 0.1) is 5.92 Å². The molecule has 0 aromatic heterocycles. The van der Waals surface area contributed by atoms with Crippen LogP contribution >= 0.6 is 15.9 Å². The van der Waals surface area contributed by atoms with Crippen molar-refractivity contribution in [2.75, 3.05) is 45.8 Å². The summed E-state index contributed by atoms with van der Waals surface area (Å²) >= 11 is 3.64. The number of piperidine rings is 1. The maximum atomic E-state index is 13.1. The van der Waals surface area contributed by atoms with Gasteiger partial charge in [0, 0.05) is 55.7 Å². The highest BCUT2D eigenvalue weighted by molar-refractivity contribution is 9.10. The lowest BCUT2D eigenvalue weighted by molar-refractivity contribution is -0.138. The minimum absolute atomic E-state index is 0.201. The van der Waals surface area contributed by atoms with E-state index < -0.39 is 0 Å². The molecule has 5 nitrogen and oxygen atoms in total. The van der Waals surface area contributed by atoms with Crippen molar-refractivity contribution in [2.45, 2.75) is 32.4 Å². The summed E-state index contributed by atoms with van der Waals surface area (Å²) in [6.45, 7) is 9.77. The third kappa shape index (κ3) is 5.54. The zero-order valence-electron chi connectivity index (χ0n) is 17.9. The van der Waals surface area contributed by atoms with E-state index in [0.29, 0.717) is 11.9 Å². The first kappa shape index (κ1) is 21.6. The van der Waals surface area contributed by atoms with Crippen LogP contribution in [0.4, 0.5) is 0 Å². The zero-order valence-corrected chi connectivity index (χ0v) is 19.5. The minimum atomic E-state index is 0.201. The highest BCUT2D eigenvalue weighted by atomic mass is 79.9. The summed E-state index contributed by atoms with van der Waals surface area (Å²) in [5, 5.41) is 3.30. The van der Waals surface area contributed by atoms with Gasteiger partial charge in [-0.25, -0.2) is 0 Å². The Morgan fingerprint density at radius 1 is 1.03 bits per heavy atom. The molecule has 2 saturated heterocycles. The summed E-state index contributed by atoms with van der Waals surface area (Å²) in [6.07, 6.45) is 8.49. The Balaban J connectivity index is 1.21. The van der Waals surface area contributed by atoms with E-state index in [1.807, 2.05) is 6.20 Å². The topological polar surface area (TPSA) is 38.8 Å². The molecule has 3 aliphatic rings. The second-order valence-corrected chi connectivity index (χ2v) is 9.63. The summed E-state index contributed by atoms with van der Waals surface area (Å²) in [4.78, 5) is 20.1. The molecular weight excluding hydrogens is 440 g/mol. The van der Waals surface area contributed by atoms with Gasteiger partial charge in [0.25, 0.3) is 0 Å². The van der Waals surface area contributed by atoms with Gasteiger partial charge in [-0.2, -0.15) is 0 Å². The number of carbonyl (C=O) groups is 1. The number of halogens is 1. The Labute approximate surface area is 188 Å². The van der Waals surface area contributed by atoms with Crippen molar-refractivity contribution < 1.29 is 4.79 Å². The molecule has 0 aliphatic carbocycles. The molecule has 0 spiro atoms. The van der Waals surface area contributed by atoms with E-state index in [0.717, 1.165) is 65.2 Å². The monoisotopic (exact) mass is 472 g/mol. The molecule has 1 atom stereocenters. The van der Waals surface area contributed by atoms with Crippen LogP contribution in [0.25, 0.3) is 0 Å². The Morgan fingerprint density at radius 2 is 1.73 bits per heavy atom. The van der Waals surface area contributed by atoms with Crippen LogP contribution in [-0.4, -0.2) is 72.5 Å². The molecule has 0 bridgehead atoms. The van der Waals surface area contributed by atoms with E-state index in [1.54, 1.807) is 0 Å². The molecule has 162 valence electrons. The standard InChI is InChI=1S/C24H33BrN4O/c1-19-16-20(6-9-26-19)17-27-10-7-21(8-11-27)24(30)29-14-12-28(13-15-29)18-22-4-2-3-5-23(22)25/h2-6,9,16,19,21,26H,7-8,10-15,17-18H2,1H3. The average molecular weight is 473 g/mol. The quantitative estimate of drug-likeness (QED) is 0.713. The highest BCUT2D eigenvalue weighted by Gasteiger charge is 2.30. The fourth-order valence-corrected chi connectivity index (χ4v) is 5.10. The van der Waals surface area contributed by atoms with E-state index >= 15 is 0 Å². The van der Waals surface area contributed by atoms with Gasteiger partial charge in [-0.05, 0) is 62.3 Å². The lowest BCUT2D eigenvalue weighted by Gasteiger charge is -2.38. The van der Waals surface area contributed by atoms with Crippen molar-refractivity contribution in [1.29, 1.82) is 0 Å². The number of hydrogen-bond acceptors (Lipinski definition) is 4. The largest absolute Gasteiger partial charge is 0.385 e. The number of hydrogen-bond donors (Lipinski definition) is 1. The van der Waals surface area contributed by atoms with Crippen LogP contribution in [0.15, 0.2) is 52.7 Å². The Hall–Kier alpha value is -1.63. The smallest absolute Gasteiger partial charge is 0.225 e. The fourth-order valence-electron chi connectivity index (χ4n) is 4.69. The summed E-state index contributed by atoms with van der Waals surface area (Å²) in [5.41, 5.74) is 2.70. The number of piperazine rings is 1. The first-order valence-corrected chi connectivity index (χ1v) is 12.0. The number of carbonyl (C=O) groups excluding carboxylic acids is 1. The Morgan fingerprint density at radius 3 is 2.43 bits per heavy atom. The van der Waals surface area contributed by atoms with Gasteiger partial charge < -0.3 is 10.2 Å². The van der Waals surface area contributed by atoms with Gasteiger partial charge in [0.2, 0.25) is 5.91 Å². The molecule has 2 fully saturated rings. The SMILES string of the molecule is CC1C=C(CN2CCC(C(=O)N3CCN(Cc4ccccc4Br)CC3)CC2)C=CN1. The molecule has 4 rings (SSSR count). The minimum Gasteiger partial charge on any atom is -0.385 e. The third-order valence-corrected chi connectivity index (χ3v) is 7.27. The second-order valence-electron chi connectivity index (χ2n) is 8.77. The van der Waals surface area contributed by atoms with E-state index in [2.05, 4.69) is 79.3 Å². The molecule has 6 heteroatoms. The van der Waals surface area contributed by atoms with E-state index in [1.165, 1.54) is 15.6 Å². The van der Waals surface area contributed by atoms with Gasteiger partial charge in [-0.1, -0.05) is 40.2 Å². The molecular formula is C24H33BrN4O. The van der Waals surface area contributed by atoms with Gasteiger partial charge in [0.1, 0.15) is 0 Å². The fraction of sp³-hybridized carbons (Fsp3) is 0.542. The lowest BCUT2D eigenvalue weighted by atomic mass is 9.94. The van der Waals surface area contributed by atoms with Crippen molar-refractivity contribution in [2.24, 2.45) is 5.92 Å². The van der Waals surface area contributed by atoms with Crippen LogP contribution in [-0.2, 0) is 11.3 Å². The van der Waals surface area contributed by atoms with E-state index in [4.69, 9.17) is 0 Å². The number of rotatable bonds is 5. The molecule has 0 radical (unpaired) electrons. The number of likely N-dealkylation sites (tertiary alicyclic amines) is 1. The van der Waals surface area contributed by atoms with Gasteiger partial charge in [-0.3, -0.25) is 14.6 Å². The number of amides is 1. The lowest BCUT2D eigenvalue weighted by Crippen LogP contribution is -2.51. The van der Waals surface area contributed by atoms with Crippen LogP contribution < -0.4 is 5.32 Å². The summed E-state index contributed by atoms with van der Waals surface area (Å²) < 4.78 is 1.17. The molecule has 3 heterocycles. The van der Waals surface area contributed by atoms with Crippen LogP contribution in [0.1, 0.15) is 25.3 Å². The van der Waals surface area contributed by atoms with Crippen molar-refractivity contribution in [3.05, 3.63) is 58.2 Å². The molecule has 1 aromatic carbocycles. The van der Waals surface area contributed by atoms with Gasteiger partial charge in [0.15, 0.2) is 0 Å². The van der Waals surface area contributed by atoms with Crippen LogP contribution in [0.5, 0.6) is 0 Å². The molecule has 3 aliphatic heterocycles. The van der Waals surface area contributed by atoms with Gasteiger partial charge in [-0.15, -0.1) is 0 Å². The summed E-state index contributed by atoms with van der Waals surface area (Å²) in [5.74, 6) is 0.581. The van der Waals surface area contributed by atoms with Crippen molar-refractivity contribution >= 4 is 21.8 Å². The van der Waals surface area contributed by atoms with Crippen LogP contribution in [0.3, 0.4) is 0 Å². The van der Waals surface area contributed by atoms with Gasteiger partial charge in [0.05, 0.1) is 0 Å². The average Bonchev–Trinajstić information content (AvgIpc) is 2.76. The molecule has 1 amide bonds. The first-order valence-electron chi connectivity index (χ1n) is 11.2. The van der Waals surface area contributed by atoms with Crippen molar-refractivity contribution in [1.82, 2.24) is 20.0 Å². The van der Waals surface area contributed by atoms with E-state index in [9.17, 15) is 4.79 Å². The molecule has 1 aromatic rings. The van der Waals surface area contributed by atoms with E-state index in [-0.39, 0.29) is 5.92 Å². The number of nitrogens with zero attached hydrogens (tertiary/aromatic N) is 3. The maximum Gasteiger partial charge on any atom is 0.225 e. The molecule has 30 heavy (non-hydrogen) atoms. The predicted octanol–water partition coefficient (Wildman–Crippen LogP) is 3.24. The second kappa shape index (κ2) is 10.1. The van der Waals surface area contributed by atoms with Crippen LogP contribution in [0.2, 0.25) is 0 Å². The van der Waals surface area contributed by atoms with Crippen molar-refractivity contribution in [3.8, 4) is 0 Å². The first-order chi connectivity index (χ1) is 14.6.